The number of anilines is 1. The highest BCUT2D eigenvalue weighted by molar-refractivity contribution is 7.18. The van der Waals surface area contributed by atoms with Crippen molar-refractivity contribution < 1.29 is 23.5 Å². The van der Waals surface area contributed by atoms with Crippen molar-refractivity contribution in [2.75, 3.05) is 31.3 Å². The molecule has 0 unspecified atom stereocenters. The van der Waals surface area contributed by atoms with Crippen LogP contribution >= 0.6 is 11.3 Å². The van der Waals surface area contributed by atoms with Gasteiger partial charge < -0.3 is 19.5 Å². The lowest BCUT2D eigenvalue weighted by Gasteiger charge is -2.14. The highest BCUT2D eigenvalue weighted by Crippen LogP contribution is 2.38. The molecule has 1 aliphatic rings. The maximum Gasteiger partial charge on any atom is 0.262 e. The zero-order chi connectivity index (χ0) is 20.9. The van der Waals surface area contributed by atoms with Crippen LogP contribution in [0.4, 0.5) is 10.1 Å². The summed E-state index contributed by atoms with van der Waals surface area (Å²) in [5.41, 5.74) is 2.08. The Morgan fingerprint density at radius 1 is 1.27 bits per heavy atom. The quantitative estimate of drug-likeness (QED) is 0.546. The third-order valence-corrected chi connectivity index (χ3v) is 5.92. The normalized spacial score (nSPS) is 14.6. The van der Waals surface area contributed by atoms with Crippen LogP contribution in [-0.4, -0.2) is 31.5 Å². The highest BCUT2D eigenvalue weighted by Gasteiger charge is 2.24. The Labute approximate surface area is 178 Å². The largest absolute Gasteiger partial charge is 0.491 e. The van der Waals surface area contributed by atoms with E-state index >= 15 is 0 Å². The fraction of sp³-hybridized carbons (Fsp3) is 0.261. The van der Waals surface area contributed by atoms with Gasteiger partial charge in [0.2, 0.25) is 11.4 Å². The van der Waals surface area contributed by atoms with Gasteiger partial charge in [-0.1, -0.05) is 23.5 Å². The van der Waals surface area contributed by atoms with Crippen molar-refractivity contribution in [1.82, 2.24) is 0 Å². The van der Waals surface area contributed by atoms with Crippen LogP contribution in [-0.2, 0) is 6.54 Å². The first-order chi connectivity index (χ1) is 14.7. The predicted octanol–water partition coefficient (Wildman–Crippen LogP) is 4.30. The summed E-state index contributed by atoms with van der Waals surface area (Å²) in [6.07, 6.45) is 5.92. The summed E-state index contributed by atoms with van der Waals surface area (Å²) in [4.78, 5) is 2.13. The monoisotopic (exact) mass is 426 g/mol. The number of hydrogen-bond donors (Lipinski definition) is 1. The van der Waals surface area contributed by atoms with Crippen LogP contribution in [0.15, 0.2) is 60.5 Å². The molecular formula is C23H24FN2O3S+. The van der Waals surface area contributed by atoms with Crippen molar-refractivity contribution in [3.8, 4) is 11.5 Å². The molecule has 1 aromatic heterocycles. The first-order valence-corrected chi connectivity index (χ1v) is 10.8. The van der Waals surface area contributed by atoms with Crippen molar-refractivity contribution in [2.24, 2.45) is 0 Å². The molecule has 2 heterocycles. The molecule has 3 aromatic rings. The molecule has 1 N–H and O–H groups in total. The van der Waals surface area contributed by atoms with Gasteiger partial charge in [0.25, 0.3) is 5.01 Å². The van der Waals surface area contributed by atoms with Crippen LogP contribution < -0.4 is 18.9 Å². The lowest BCUT2D eigenvalue weighted by molar-refractivity contribution is -0.670. The summed E-state index contributed by atoms with van der Waals surface area (Å²) < 4.78 is 26.9. The van der Waals surface area contributed by atoms with Gasteiger partial charge in [0.1, 0.15) is 30.3 Å². The number of alkyl halides is 1. The number of thiazole rings is 1. The van der Waals surface area contributed by atoms with Gasteiger partial charge in [-0.05, 0) is 37.3 Å². The number of fused-ring (bicyclic) bond motifs is 2. The topological polar surface area (TPSA) is 45.8 Å². The Kier molecular flexibility index (Phi) is 6.30. The van der Waals surface area contributed by atoms with Gasteiger partial charge in [-0.25, -0.2) is 4.39 Å². The van der Waals surface area contributed by atoms with Gasteiger partial charge in [0.15, 0.2) is 12.3 Å². The third kappa shape index (κ3) is 4.04. The number of aliphatic hydroxyl groups excluding tert-OH is 1. The van der Waals surface area contributed by atoms with E-state index in [9.17, 15) is 9.50 Å². The van der Waals surface area contributed by atoms with E-state index in [4.69, 9.17) is 9.47 Å². The number of rotatable bonds is 8. The highest BCUT2D eigenvalue weighted by atomic mass is 32.1. The molecule has 0 atom stereocenters. The molecule has 0 fully saturated rings. The van der Waals surface area contributed by atoms with Gasteiger partial charge in [0, 0.05) is 24.8 Å². The molecule has 0 amide bonds. The average Bonchev–Trinajstić information content (AvgIpc) is 3.29. The van der Waals surface area contributed by atoms with Gasteiger partial charge in [0.05, 0.1) is 5.69 Å². The van der Waals surface area contributed by atoms with Crippen molar-refractivity contribution in [2.45, 2.75) is 13.5 Å². The summed E-state index contributed by atoms with van der Waals surface area (Å²) in [5.74, 6) is 2.29. The maximum absolute atomic E-state index is 12.4. The third-order valence-electron chi connectivity index (χ3n) is 4.80. The first-order valence-electron chi connectivity index (χ1n) is 9.94. The zero-order valence-electron chi connectivity index (χ0n) is 16.8. The molecule has 5 nitrogen and oxygen atoms in total. The number of hydrogen-bond acceptors (Lipinski definition) is 5. The van der Waals surface area contributed by atoms with Crippen LogP contribution in [0.2, 0.25) is 0 Å². The zero-order valence-corrected chi connectivity index (χ0v) is 17.6. The second-order valence-corrected chi connectivity index (χ2v) is 7.72. The molecule has 0 bridgehead atoms. The minimum absolute atomic E-state index is 0.0422. The maximum atomic E-state index is 12.4. The minimum Gasteiger partial charge on any atom is -0.491 e. The van der Waals surface area contributed by atoms with Gasteiger partial charge in [-0.2, -0.15) is 4.57 Å². The molecule has 0 aliphatic carbocycles. The van der Waals surface area contributed by atoms with Crippen LogP contribution in [0.3, 0.4) is 0 Å². The molecular weight excluding hydrogens is 402 g/mol. The SMILES string of the molecule is CCN1/C(=C/C=C/c2sc3cc(OCC[18F])ccc3[n+]2CCO)Oc2ccccc21. The minimum atomic E-state index is -0.517. The molecule has 30 heavy (non-hydrogen) atoms. The Hall–Kier alpha value is -2.90. The van der Waals surface area contributed by atoms with Crippen molar-refractivity contribution in [3.05, 3.63) is 65.5 Å². The fourth-order valence-electron chi connectivity index (χ4n) is 3.50. The number of aromatic nitrogens is 1. The van der Waals surface area contributed by atoms with Gasteiger partial charge in [-0.15, -0.1) is 0 Å². The van der Waals surface area contributed by atoms with E-state index in [1.165, 1.54) is 0 Å². The second kappa shape index (κ2) is 9.28. The molecule has 0 saturated heterocycles. The van der Waals surface area contributed by atoms with E-state index in [1.807, 2.05) is 60.7 Å². The number of para-hydroxylation sites is 2. The number of aliphatic hydroxyl groups is 1. The standard InChI is InChI=1S/C23H24FN2O3S/c1-2-25-18-6-3-4-7-20(18)29-22(25)8-5-9-23-26(13-14-27)19-11-10-17(28-15-12-24)16-21(19)30-23/h3-11,16,27H,2,12-15H2,1H3/q+1/i24-1. The number of halogens is 1. The molecule has 0 spiro atoms. The van der Waals surface area contributed by atoms with Crippen LogP contribution in [0, 0.1) is 0 Å². The summed E-state index contributed by atoms with van der Waals surface area (Å²) in [6.45, 7) is 2.96. The lowest BCUT2D eigenvalue weighted by atomic mass is 10.3. The molecule has 156 valence electrons. The molecule has 2 aromatic carbocycles. The van der Waals surface area contributed by atoms with Crippen molar-refractivity contribution in [1.29, 1.82) is 0 Å². The Bertz CT molecular complexity index is 1090. The Morgan fingerprint density at radius 3 is 2.93 bits per heavy atom. The van der Waals surface area contributed by atoms with E-state index in [0.29, 0.717) is 12.3 Å². The first kappa shape index (κ1) is 20.4. The average molecular weight is 427 g/mol. The fourth-order valence-corrected chi connectivity index (χ4v) is 4.63. The smallest absolute Gasteiger partial charge is 0.262 e. The van der Waals surface area contributed by atoms with Crippen molar-refractivity contribution in [3.63, 3.8) is 0 Å². The molecule has 4 rings (SSSR count). The van der Waals surface area contributed by atoms with E-state index in [0.717, 1.165) is 39.1 Å². The molecule has 1 aliphatic heterocycles. The van der Waals surface area contributed by atoms with Crippen molar-refractivity contribution >= 4 is 33.3 Å². The summed E-state index contributed by atoms with van der Waals surface area (Å²) in [5, 5.41) is 10.5. The molecule has 7 heteroatoms. The number of benzene rings is 2. The number of allylic oxidation sites excluding steroid dienone is 2. The number of ether oxygens (including phenoxy) is 2. The van der Waals surface area contributed by atoms with Crippen LogP contribution in [0.5, 0.6) is 11.5 Å². The summed E-state index contributed by atoms with van der Waals surface area (Å²) in [6, 6.07) is 13.7. The second-order valence-electron chi connectivity index (χ2n) is 6.66. The van der Waals surface area contributed by atoms with E-state index in [1.54, 1.807) is 11.3 Å². The molecule has 0 radical (unpaired) electrons. The van der Waals surface area contributed by atoms with E-state index in [-0.39, 0.29) is 13.2 Å². The number of nitrogens with zero attached hydrogens (tertiary/aromatic N) is 2. The summed E-state index contributed by atoms with van der Waals surface area (Å²) in [7, 11) is 0. The Morgan fingerprint density at radius 2 is 2.13 bits per heavy atom. The van der Waals surface area contributed by atoms with E-state index < -0.39 is 6.67 Å². The summed E-state index contributed by atoms with van der Waals surface area (Å²) >= 11 is 1.60. The lowest BCUT2D eigenvalue weighted by Crippen LogP contribution is -2.36. The Balaban J connectivity index is 1.62. The molecule has 0 saturated carbocycles. The van der Waals surface area contributed by atoms with Crippen LogP contribution in [0.1, 0.15) is 11.9 Å². The van der Waals surface area contributed by atoms with Gasteiger partial charge in [-0.3, -0.25) is 0 Å². The predicted molar refractivity (Wildman–Crippen MR) is 118 cm³/mol. The van der Waals surface area contributed by atoms with E-state index in [2.05, 4.69) is 16.4 Å². The van der Waals surface area contributed by atoms with Crippen LogP contribution in [0.25, 0.3) is 16.3 Å². The van der Waals surface area contributed by atoms with Gasteiger partial charge >= 0.3 is 0 Å².